The van der Waals surface area contributed by atoms with E-state index in [0.29, 0.717) is 12.5 Å². The lowest BCUT2D eigenvalue weighted by atomic mass is 10.1. The van der Waals surface area contributed by atoms with Crippen molar-refractivity contribution in [3.8, 4) is 11.8 Å². The summed E-state index contributed by atoms with van der Waals surface area (Å²) in [6, 6.07) is 9.80. The number of allylic oxidation sites excluding steroid dienone is 2. The first-order valence-corrected chi connectivity index (χ1v) is 7.39. The van der Waals surface area contributed by atoms with Gasteiger partial charge in [0.1, 0.15) is 0 Å². The van der Waals surface area contributed by atoms with Crippen LogP contribution in [0.2, 0.25) is 0 Å². The van der Waals surface area contributed by atoms with Crippen LogP contribution in [0.25, 0.3) is 0 Å². The first kappa shape index (κ1) is 15.4. The highest BCUT2D eigenvalue weighted by Crippen LogP contribution is 2.59. The van der Waals surface area contributed by atoms with Gasteiger partial charge in [0.2, 0.25) is 5.91 Å². The van der Waals surface area contributed by atoms with Crippen LogP contribution in [0.3, 0.4) is 0 Å². The van der Waals surface area contributed by atoms with Gasteiger partial charge >= 0.3 is 0 Å². The largest absolute Gasteiger partial charge is 0.345 e. The van der Waals surface area contributed by atoms with E-state index in [-0.39, 0.29) is 17.2 Å². The predicted octanol–water partition coefficient (Wildman–Crippen LogP) is 3.39. The van der Waals surface area contributed by atoms with Crippen LogP contribution >= 0.6 is 0 Å². The lowest BCUT2D eigenvalue weighted by Crippen LogP contribution is -2.27. The number of amides is 1. The average Bonchev–Trinajstić information content (AvgIpc) is 2.96. The molecule has 1 fully saturated rings. The van der Waals surface area contributed by atoms with Crippen molar-refractivity contribution in [2.24, 2.45) is 17.3 Å². The SMILES string of the molecule is CC(C)=CC1C(C(=O)NCC#Cc2ccccc2)C1(C)C. The fourth-order valence-electron chi connectivity index (χ4n) is 2.76. The minimum Gasteiger partial charge on any atom is -0.345 e. The zero-order chi connectivity index (χ0) is 15.5. The number of rotatable bonds is 3. The highest BCUT2D eigenvalue weighted by atomic mass is 16.2. The lowest BCUT2D eigenvalue weighted by molar-refractivity contribution is -0.122. The Morgan fingerprint density at radius 3 is 2.57 bits per heavy atom. The third-order valence-electron chi connectivity index (χ3n) is 4.06. The molecule has 1 amide bonds. The molecule has 1 aromatic rings. The summed E-state index contributed by atoms with van der Waals surface area (Å²) in [6.07, 6.45) is 2.21. The van der Waals surface area contributed by atoms with E-state index in [0.717, 1.165) is 5.56 Å². The summed E-state index contributed by atoms with van der Waals surface area (Å²) in [7, 11) is 0. The Bertz CT molecular complexity index is 597. The first-order chi connectivity index (χ1) is 9.93. The molecule has 0 aliphatic heterocycles. The van der Waals surface area contributed by atoms with Crippen molar-refractivity contribution in [2.45, 2.75) is 27.7 Å². The van der Waals surface area contributed by atoms with Gasteiger partial charge in [0.15, 0.2) is 0 Å². The molecule has 2 rings (SSSR count). The molecule has 0 heterocycles. The van der Waals surface area contributed by atoms with Crippen LogP contribution in [0.15, 0.2) is 42.0 Å². The van der Waals surface area contributed by atoms with Crippen LogP contribution in [0, 0.1) is 29.1 Å². The van der Waals surface area contributed by atoms with Gasteiger partial charge in [-0.15, -0.1) is 0 Å². The van der Waals surface area contributed by atoms with Gasteiger partial charge in [0.05, 0.1) is 12.5 Å². The molecule has 2 atom stereocenters. The standard InChI is InChI=1S/C19H23NO/c1-14(2)13-16-17(19(16,3)4)18(21)20-12-8-11-15-9-6-5-7-10-15/h5-7,9-10,13,16-17H,12H2,1-4H3,(H,20,21). The van der Waals surface area contributed by atoms with Gasteiger partial charge in [0.25, 0.3) is 0 Å². The molecule has 0 radical (unpaired) electrons. The number of nitrogens with one attached hydrogen (secondary N) is 1. The van der Waals surface area contributed by atoms with Gasteiger partial charge < -0.3 is 5.32 Å². The molecule has 1 saturated carbocycles. The molecule has 0 spiro atoms. The minimum atomic E-state index is 0.0637. The number of benzene rings is 1. The van der Waals surface area contributed by atoms with Gasteiger partial charge in [-0.2, -0.15) is 0 Å². The summed E-state index contributed by atoms with van der Waals surface area (Å²) in [5.41, 5.74) is 2.31. The van der Waals surface area contributed by atoms with E-state index in [1.165, 1.54) is 5.57 Å². The maximum Gasteiger partial charge on any atom is 0.225 e. The fourth-order valence-corrected chi connectivity index (χ4v) is 2.76. The van der Waals surface area contributed by atoms with Crippen LogP contribution in [-0.2, 0) is 4.79 Å². The Labute approximate surface area is 127 Å². The average molecular weight is 281 g/mol. The second-order valence-electron chi connectivity index (χ2n) is 6.45. The summed E-state index contributed by atoms with van der Waals surface area (Å²) in [4.78, 5) is 12.2. The van der Waals surface area contributed by atoms with Crippen LogP contribution in [-0.4, -0.2) is 12.5 Å². The molecule has 2 unspecified atom stereocenters. The molecule has 0 bridgehead atoms. The Morgan fingerprint density at radius 1 is 1.29 bits per heavy atom. The summed E-state index contributed by atoms with van der Waals surface area (Å²) >= 11 is 0. The van der Waals surface area contributed by atoms with E-state index in [1.807, 2.05) is 30.3 Å². The van der Waals surface area contributed by atoms with Gasteiger partial charge in [-0.3, -0.25) is 4.79 Å². The molecule has 1 aliphatic rings. The monoisotopic (exact) mass is 281 g/mol. The molecule has 110 valence electrons. The topological polar surface area (TPSA) is 29.1 Å². The maximum atomic E-state index is 12.2. The number of carbonyl (C=O) groups excluding carboxylic acids is 1. The van der Waals surface area contributed by atoms with E-state index >= 15 is 0 Å². The molecular weight excluding hydrogens is 258 g/mol. The maximum absolute atomic E-state index is 12.2. The Balaban J connectivity index is 1.87. The van der Waals surface area contributed by atoms with Crippen molar-refractivity contribution in [1.29, 1.82) is 0 Å². The molecule has 0 saturated heterocycles. The molecule has 0 aromatic heterocycles. The second kappa shape index (κ2) is 6.18. The summed E-state index contributed by atoms with van der Waals surface area (Å²) in [5, 5.41) is 2.93. The van der Waals surface area contributed by atoms with Crippen LogP contribution in [0.4, 0.5) is 0 Å². The Hall–Kier alpha value is -2.01. The lowest BCUT2D eigenvalue weighted by Gasteiger charge is -2.02. The smallest absolute Gasteiger partial charge is 0.225 e. The summed E-state index contributed by atoms with van der Waals surface area (Å²) in [5.74, 6) is 6.59. The van der Waals surface area contributed by atoms with Crippen LogP contribution in [0.5, 0.6) is 0 Å². The third kappa shape index (κ3) is 3.76. The van der Waals surface area contributed by atoms with Gasteiger partial charge in [-0.05, 0) is 37.3 Å². The van der Waals surface area contributed by atoms with E-state index in [2.05, 4.69) is 50.9 Å². The Kier molecular flexibility index (Phi) is 4.53. The molecule has 21 heavy (non-hydrogen) atoms. The van der Waals surface area contributed by atoms with Gasteiger partial charge in [-0.25, -0.2) is 0 Å². The van der Waals surface area contributed by atoms with Crippen molar-refractivity contribution >= 4 is 5.91 Å². The molecule has 1 N–H and O–H groups in total. The second-order valence-corrected chi connectivity index (χ2v) is 6.45. The Morgan fingerprint density at radius 2 is 1.95 bits per heavy atom. The number of carbonyl (C=O) groups is 1. The highest BCUT2D eigenvalue weighted by Gasteiger charge is 2.60. The van der Waals surface area contributed by atoms with Crippen molar-refractivity contribution in [3.63, 3.8) is 0 Å². The zero-order valence-electron chi connectivity index (χ0n) is 13.2. The third-order valence-corrected chi connectivity index (χ3v) is 4.06. The highest BCUT2D eigenvalue weighted by molar-refractivity contribution is 5.83. The first-order valence-electron chi connectivity index (χ1n) is 7.39. The molecule has 1 aliphatic carbocycles. The van der Waals surface area contributed by atoms with E-state index in [1.54, 1.807) is 0 Å². The zero-order valence-corrected chi connectivity index (χ0v) is 13.2. The van der Waals surface area contributed by atoms with Gasteiger partial charge in [-0.1, -0.05) is 55.5 Å². The number of hydrogen-bond donors (Lipinski definition) is 1. The van der Waals surface area contributed by atoms with E-state index < -0.39 is 0 Å². The van der Waals surface area contributed by atoms with Crippen molar-refractivity contribution in [3.05, 3.63) is 47.5 Å². The van der Waals surface area contributed by atoms with Crippen LogP contribution in [0.1, 0.15) is 33.3 Å². The van der Waals surface area contributed by atoms with Gasteiger partial charge in [0, 0.05) is 5.56 Å². The quantitative estimate of drug-likeness (QED) is 0.668. The normalized spacial score (nSPS) is 21.7. The van der Waals surface area contributed by atoms with E-state index in [9.17, 15) is 4.79 Å². The fraction of sp³-hybridized carbons (Fsp3) is 0.421. The van der Waals surface area contributed by atoms with Crippen molar-refractivity contribution < 1.29 is 4.79 Å². The minimum absolute atomic E-state index is 0.0637. The summed E-state index contributed by atoms with van der Waals surface area (Å²) < 4.78 is 0. The van der Waals surface area contributed by atoms with Crippen LogP contribution < -0.4 is 5.32 Å². The van der Waals surface area contributed by atoms with Crippen molar-refractivity contribution in [1.82, 2.24) is 5.32 Å². The van der Waals surface area contributed by atoms with Crippen molar-refractivity contribution in [2.75, 3.05) is 6.54 Å². The molecule has 1 aromatic carbocycles. The predicted molar refractivity (Wildman–Crippen MR) is 86.5 cm³/mol. The summed E-state index contributed by atoms with van der Waals surface area (Å²) in [6.45, 7) is 8.86. The number of hydrogen-bond acceptors (Lipinski definition) is 1. The molecule has 2 heteroatoms. The molecular formula is C19H23NO. The van der Waals surface area contributed by atoms with E-state index in [4.69, 9.17) is 0 Å². The molecule has 2 nitrogen and oxygen atoms in total.